The Morgan fingerprint density at radius 3 is 1.81 bits per heavy atom. The van der Waals surface area contributed by atoms with Crippen molar-refractivity contribution in [2.24, 2.45) is 0 Å². The van der Waals surface area contributed by atoms with E-state index in [1.54, 1.807) is 12.0 Å². The molecular weight excluding hydrogens is 678 g/mol. The molecule has 5 aliphatic heterocycles. The Kier molecular flexibility index (Phi) is 10.8. The van der Waals surface area contributed by atoms with Crippen LogP contribution in [0, 0.1) is 0 Å². The van der Waals surface area contributed by atoms with Crippen molar-refractivity contribution in [3.05, 3.63) is 71.8 Å². The van der Waals surface area contributed by atoms with Crippen molar-refractivity contribution >= 4 is 23.3 Å². The van der Waals surface area contributed by atoms with Gasteiger partial charge in [-0.1, -0.05) is 26.0 Å². The van der Waals surface area contributed by atoms with Crippen molar-refractivity contribution in [2.45, 2.75) is 69.3 Å². The van der Waals surface area contributed by atoms with Crippen LogP contribution in [0.15, 0.2) is 60.7 Å². The quantitative estimate of drug-likeness (QED) is 0.274. The fourth-order valence-corrected chi connectivity index (χ4v) is 8.37. The Morgan fingerprint density at radius 2 is 1.28 bits per heavy atom. The summed E-state index contributed by atoms with van der Waals surface area (Å²) in [6, 6.07) is 19.2. The molecule has 3 fully saturated rings. The maximum absolute atomic E-state index is 13.2. The molecule has 0 saturated carbocycles. The van der Waals surface area contributed by atoms with Crippen LogP contribution in [-0.2, 0) is 25.2 Å². The summed E-state index contributed by atoms with van der Waals surface area (Å²) >= 11 is 0. The number of hydrogen-bond donors (Lipinski definition) is 1. The summed E-state index contributed by atoms with van der Waals surface area (Å²) in [5.74, 6) is 4.30. The lowest BCUT2D eigenvalue weighted by Gasteiger charge is -2.41. The van der Waals surface area contributed by atoms with Crippen molar-refractivity contribution in [3.63, 3.8) is 0 Å². The zero-order chi connectivity index (χ0) is 37.0. The maximum Gasteiger partial charge on any atom is 0.414 e. The fraction of sp³-hybridized carbons (Fsp3) is 0.488. The molecule has 3 saturated heterocycles. The number of carbonyl (C=O) groups excluding carboxylic acids is 3. The Bertz CT molecular complexity index is 1800. The number of anilines is 1. The van der Waals surface area contributed by atoms with Gasteiger partial charge in [-0.25, -0.2) is 4.79 Å². The molecule has 1 atom stereocenters. The van der Waals surface area contributed by atoms with E-state index in [2.05, 4.69) is 10.2 Å². The van der Waals surface area contributed by atoms with Gasteiger partial charge in [-0.15, -0.1) is 0 Å². The molecule has 1 amide bonds. The molecule has 8 rings (SSSR count). The summed E-state index contributed by atoms with van der Waals surface area (Å²) in [5.41, 5.74) is 2.00. The summed E-state index contributed by atoms with van der Waals surface area (Å²) in [4.78, 5) is 42.1. The summed E-state index contributed by atoms with van der Waals surface area (Å²) in [5, 5.41) is 3.33. The largest absolute Gasteiger partial charge is 0.497 e. The van der Waals surface area contributed by atoms with Gasteiger partial charge in [-0.2, -0.15) is 0 Å². The summed E-state index contributed by atoms with van der Waals surface area (Å²) in [6.45, 7) is 8.81. The van der Waals surface area contributed by atoms with Gasteiger partial charge < -0.3 is 33.7 Å². The van der Waals surface area contributed by atoms with Crippen molar-refractivity contribution in [3.8, 4) is 28.7 Å². The standard InChI is InChI=1S/C26H30N2O6.C15H19NO3/c1-3-24(29)26(18-4-9-22-23(14-18)33-17-32-22)10-12-27(13-11-26)15-21-16-28(25(30)34-21)19-5-7-20(31-2)8-6-19;1-2-14(17)15(5-7-16-8-6-15)11-3-4-12-13(9-11)19-10-18-12/h4-9,14,21H,3,10-13,15-17H2,1-2H3;3-4,9,16H,2,5-8,10H2,1H3. The lowest BCUT2D eigenvalue weighted by Crippen LogP contribution is -2.49. The van der Waals surface area contributed by atoms with Crippen LogP contribution in [0.2, 0.25) is 0 Å². The summed E-state index contributed by atoms with van der Waals surface area (Å²) in [6.07, 6.45) is 3.70. The molecule has 5 heterocycles. The molecule has 1 unspecified atom stereocenters. The van der Waals surface area contributed by atoms with Gasteiger partial charge in [0.1, 0.15) is 23.4 Å². The number of nitrogens with one attached hydrogen (secondary N) is 1. The van der Waals surface area contributed by atoms with Crippen LogP contribution in [0.25, 0.3) is 0 Å². The van der Waals surface area contributed by atoms with Gasteiger partial charge in [-0.05, 0) is 112 Å². The van der Waals surface area contributed by atoms with Crippen molar-refractivity contribution in [1.82, 2.24) is 10.2 Å². The zero-order valence-electron chi connectivity index (χ0n) is 30.8. The second kappa shape index (κ2) is 15.7. The lowest BCUT2D eigenvalue weighted by atomic mass is 9.69. The van der Waals surface area contributed by atoms with E-state index in [4.69, 9.17) is 28.4 Å². The smallest absolute Gasteiger partial charge is 0.414 e. The molecule has 1 N–H and O–H groups in total. The van der Waals surface area contributed by atoms with E-state index in [1.807, 2.05) is 74.5 Å². The van der Waals surface area contributed by atoms with E-state index in [1.165, 1.54) is 0 Å². The first-order valence-corrected chi connectivity index (χ1v) is 18.7. The molecule has 3 aromatic rings. The number of piperidine rings is 2. The normalized spacial score (nSPS) is 21.0. The third-order valence-corrected chi connectivity index (χ3v) is 11.4. The first kappa shape index (κ1) is 36.5. The van der Waals surface area contributed by atoms with E-state index in [9.17, 15) is 14.4 Å². The number of benzene rings is 3. The van der Waals surface area contributed by atoms with Gasteiger partial charge in [0.25, 0.3) is 0 Å². The number of fused-ring (bicyclic) bond motifs is 2. The van der Waals surface area contributed by atoms with Gasteiger partial charge in [-0.3, -0.25) is 19.4 Å². The molecule has 0 radical (unpaired) electrons. The van der Waals surface area contributed by atoms with Crippen LogP contribution in [0.4, 0.5) is 10.5 Å². The summed E-state index contributed by atoms with van der Waals surface area (Å²) < 4.78 is 32.6. The molecule has 53 heavy (non-hydrogen) atoms. The van der Waals surface area contributed by atoms with E-state index in [0.29, 0.717) is 37.5 Å². The van der Waals surface area contributed by atoms with Crippen LogP contribution in [0.3, 0.4) is 0 Å². The molecule has 12 heteroatoms. The highest BCUT2D eigenvalue weighted by Gasteiger charge is 2.44. The van der Waals surface area contributed by atoms with Crippen molar-refractivity contribution < 1.29 is 42.8 Å². The van der Waals surface area contributed by atoms with E-state index in [-0.39, 0.29) is 37.0 Å². The number of Topliss-reactive ketones (excluding diaryl/α,β-unsaturated/α-hetero) is 2. The van der Waals surface area contributed by atoms with Gasteiger partial charge in [0, 0.05) is 25.1 Å². The predicted molar refractivity (Wildman–Crippen MR) is 197 cm³/mol. The second-order valence-electron chi connectivity index (χ2n) is 14.2. The van der Waals surface area contributed by atoms with Gasteiger partial charge in [0.2, 0.25) is 13.6 Å². The first-order valence-electron chi connectivity index (χ1n) is 18.7. The minimum Gasteiger partial charge on any atom is -0.497 e. The summed E-state index contributed by atoms with van der Waals surface area (Å²) in [7, 11) is 1.61. The third-order valence-electron chi connectivity index (χ3n) is 11.4. The maximum atomic E-state index is 13.2. The fourth-order valence-electron chi connectivity index (χ4n) is 8.37. The number of cyclic esters (lactones) is 1. The number of ether oxygens (including phenoxy) is 6. The van der Waals surface area contributed by atoms with Crippen molar-refractivity contribution in [1.29, 1.82) is 0 Å². The number of likely N-dealkylation sites (tertiary alicyclic amines) is 1. The SMILES string of the molecule is CCC(=O)C1(c2ccc3c(c2)OCO3)CCN(CC2CN(c3ccc(OC)cc3)C(=O)O2)CC1.CCC(=O)C1(c2ccc3c(c2)OCO3)CCNCC1. The molecule has 3 aromatic carbocycles. The second-order valence-corrected chi connectivity index (χ2v) is 14.2. The minimum absolute atomic E-state index is 0.213. The lowest BCUT2D eigenvalue weighted by molar-refractivity contribution is -0.126. The molecule has 5 aliphatic rings. The molecule has 12 nitrogen and oxygen atoms in total. The highest BCUT2D eigenvalue weighted by atomic mass is 16.7. The number of methoxy groups -OCH3 is 1. The highest BCUT2D eigenvalue weighted by Crippen LogP contribution is 2.43. The molecule has 0 bridgehead atoms. The Hall–Kier alpha value is -4.81. The molecule has 0 aliphatic carbocycles. The van der Waals surface area contributed by atoms with Gasteiger partial charge in [0.15, 0.2) is 23.0 Å². The number of ketones is 2. The molecular formula is C41H49N3O9. The van der Waals surface area contributed by atoms with Crippen LogP contribution in [0.5, 0.6) is 28.7 Å². The number of rotatable bonds is 10. The molecule has 0 spiro atoms. The third kappa shape index (κ3) is 7.26. The minimum atomic E-state index is -0.520. The van der Waals surface area contributed by atoms with Gasteiger partial charge >= 0.3 is 6.09 Å². The topological polar surface area (TPSA) is 125 Å². The highest BCUT2D eigenvalue weighted by molar-refractivity contribution is 5.91. The molecule has 0 aromatic heterocycles. The monoisotopic (exact) mass is 727 g/mol. The molecule has 282 valence electrons. The number of nitrogens with zero attached hydrogens (tertiary/aromatic N) is 2. The Labute approximate surface area is 310 Å². The number of carbonyl (C=O) groups is 3. The average molecular weight is 728 g/mol. The van der Waals surface area contributed by atoms with Gasteiger partial charge in [0.05, 0.1) is 24.5 Å². The van der Waals surface area contributed by atoms with Crippen LogP contribution in [0.1, 0.15) is 63.5 Å². The Morgan fingerprint density at radius 1 is 0.755 bits per heavy atom. The zero-order valence-corrected chi connectivity index (χ0v) is 30.8. The van der Waals surface area contributed by atoms with E-state index in [0.717, 1.165) is 91.7 Å². The van der Waals surface area contributed by atoms with Crippen LogP contribution in [-0.4, -0.2) is 88.6 Å². The number of hydrogen-bond acceptors (Lipinski definition) is 11. The van der Waals surface area contributed by atoms with Crippen LogP contribution >= 0.6 is 0 Å². The van der Waals surface area contributed by atoms with E-state index >= 15 is 0 Å². The number of amides is 1. The first-order chi connectivity index (χ1) is 25.8. The van der Waals surface area contributed by atoms with Crippen molar-refractivity contribution in [2.75, 3.05) is 64.9 Å². The Balaban J connectivity index is 0.000000193. The average Bonchev–Trinajstić information content (AvgIpc) is 3.97. The predicted octanol–water partition coefficient (Wildman–Crippen LogP) is 5.78. The van der Waals surface area contributed by atoms with E-state index < -0.39 is 5.41 Å². The van der Waals surface area contributed by atoms with Crippen LogP contribution < -0.4 is 33.9 Å².